The lowest BCUT2D eigenvalue weighted by molar-refractivity contribution is 0.190. The summed E-state index contributed by atoms with van der Waals surface area (Å²) in [6, 6.07) is 0.289. The van der Waals surface area contributed by atoms with E-state index in [0.29, 0.717) is 6.61 Å². The quantitative estimate of drug-likeness (QED) is 0.829. The number of imidazole rings is 1. The van der Waals surface area contributed by atoms with Gasteiger partial charge in [0, 0.05) is 32.1 Å². The van der Waals surface area contributed by atoms with E-state index in [1.165, 1.54) is 32.1 Å². The van der Waals surface area contributed by atoms with Crippen molar-refractivity contribution in [1.82, 2.24) is 9.55 Å². The second-order valence-electron chi connectivity index (χ2n) is 6.36. The smallest absolute Gasteiger partial charge is 0.203 e. The lowest BCUT2D eigenvalue weighted by Gasteiger charge is -2.26. The van der Waals surface area contributed by atoms with Gasteiger partial charge in [-0.3, -0.25) is 0 Å². The average Bonchev–Trinajstić information content (AvgIpc) is 2.86. The van der Waals surface area contributed by atoms with E-state index < -0.39 is 0 Å². The Morgan fingerprint density at radius 3 is 2.85 bits per heavy atom. The number of anilines is 1. The molecule has 20 heavy (non-hydrogen) atoms. The summed E-state index contributed by atoms with van der Waals surface area (Å²) in [6.07, 6.45) is 10.8. The molecule has 0 aromatic carbocycles. The molecule has 1 aliphatic carbocycles. The zero-order chi connectivity index (χ0) is 14.4. The van der Waals surface area contributed by atoms with Gasteiger partial charge in [0.1, 0.15) is 0 Å². The molecule has 1 aromatic heterocycles. The second-order valence-corrected chi connectivity index (χ2v) is 6.36. The molecule has 1 aliphatic rings. The van der Waals surface area contributed by atoms with Gasteiger partial charge in [0.05, 0.1) is 6.61 Å². The Kier molecular flexibility index (Phi) is 5.89. The highest BCUT2D eigenvalue weighted by Gasteiger charge is 2.18. The third-order valence-electron chi connectivity index (χ3n) is 4.42. The van der Waals surface area contributed by atoms with Gasteiger partial charge in [-0.25, -0.2) is 4.98 Å². The summed E-state index contributed by atoms with van der Waals surface area (Å²) in [5.41, 5.74) is 0. The minimum absolute atomic E-state index is 0.289. The zero-order valence-corrected chi connectivity index (χ0v) is 13.1. The summed E-state index contributed by atoms with van der Waals surface area (Å²) in [4.78, 5) is 4.41. The lowest BCUT2D eigenvalue weighted by Crippen LogP contribution is -2.23. The second kappa shape index (κ2) is 7.67. The molecule has 2 rings (SSSR count). The number of nitrogens with zero attached hydrogens (tertiary/aromatic N) is 2. The Hall–Kier alpha value is -1.03. The molecule has 1 unspecified atom stereocenters. The molecule has 1 saturated carbocycles. The molecule has 114 valence electrons. The van der Waals surface area contributed by atoms with Gasteiger partial charge in [-0.2, -0.15) is 0 Å². The predicted molar refractivity (Wildman–Crippen MR) is 82.9 cm³/mol. The van der Waals surface area contributed by atoms with Gasteiger partial charge < -0.3 is 14.6 Å². The Balaban J connectivity index is 1.79. The number of methoxy groups -OCH3 is 1. The van der Waals surface area contributed by atoms with Crippen molar-refractivity contribution in [1.29, 1.82) is 0 Å². The van der Waals surface area contributed by atoms with Crippen LogP contribution in [-0.2, 0) is 11.3 Å². The van der Waals surface area contributed by atoms with Crippen LogP contribution in [0, 0.1) is 11.8 Å². The van der Waals surface area contributed by atoms with Gasteiger partial charge in [-0.15, -0.1) is 0 Å². The van der Waals surface area contributed by atoms with E-state index in [9.17, 15) is 0 Å². The van der Waals surface area contributed by atoms with Gasteiger partial charge in [0.25, 0.3) is 0 Å². The highest BCUT2D eigenvalue weighted by molar-refractivity contribution is 5.27. The van der Waals surface area contributed by atoms with E-state index in [1.54, 1.807) is 7.11 Å². The molecule has 1 atom stereocenters. The van der Waals surface area contributed by atoms with Gasteiger partial charge >= 0.3 is 0 Å². The van der Waals surface area contributed by atoms with Crippen molar-refractivity contribution in [3.63, 3.8) is 0 Å². The number of ether oxygens (including phenoxy) is 1. The SMILES string of the molecule is COCC(C)Nc1nccn1CCC1CCC(C)CC1. The molecule has 0 spiro atoms. The molecular weight excluding hydrogens is 250 g/mol. The summed E-state index contributed by atoms with van der Waals surface area (Å²) in [6.45, 7) is 6.27. The molecule has 1 heterocycles. The maximum Gasteiger partial charge on any atom is 0.203 e. The Morgan fingerprint density at radius 2 is 2.15 bits per heavy atom. The molecule has 4 heteroatoms. The van der Waals surface area contributed by atoms with E-state index in [-0.39, 0.29) is 6.04 Å². The van der Waals surface area contributed by atoms with E-state index >= 15 is 0 Å². The summed E-state index contributed by atoms with van der Waals surface area (Å²) < 4.78 is 7.40. The fraction of sp³-hybridized carbons (Fsp3) is 0.812. The molecule has 1 N–H and O–H groups in total. The number of nitrogens with one attached hydrogen (secondary N) is 1. The van der Waals surface area contributed by atoms with Crippen LogP contribution in [0.4, 0.5) is 5.95 Å². The van der Waals surface area contributed by atoms with E-state index in [1.807, 2.05) is 6.20 Å². The minimum atomic E-state index is 0.289. The topological polar surface area (TPSA) is 39.1 Å². The van der Waals surface area contributed by atoms with E-state index in [0.717, 1.165) is 24.3 Å². The van der Waals surface area contributed by atoms with Gasteiger partial charge in [-0.05, 0) is 25.2 Å². The van der Waals surface area contributed by atoms with Crippen molar-refractivity contribution in [3.8, 4) is 0 Å². The maximum atomic E-state index is 5.16. The van der Waals surface area contributed by atoms with Crippen LogP contribution in [0.15, 0.2) is 12.4 Å². The minimum Gasteiger partial charge on any atom is -0.383 e. The number of aromatic nitrogens is 2. The number of hydrogen-bond donors (Lipinski definition) is 1. The van der Waals surface area contributed by atoms with E-state index in [2.05, 4.69) is 34.9 Å². The van der Waals surface area contributed by atoms with Crippen LogP contribution >= 0.6 is 0 Å². The standard InChI is InChI=1S/C16H29N3O/c1-13-4-6-15(7-5-13)8-10-19-11-9-17-16(19)18-14(2)12-20-3/h9,11,13-15H,4-8,10,12H2,1-3H3,(H,17,18). The molecule has 4 nitrogen and oxygen atoms in total. The normalized spacial score (nSPS) is 24.6. The van der Waals surface area contributed by atoms with Crippen molar-refractivity contribution < 1.29 is 4.74 Å². The third-order valence-corrected chi connectivity index (χ3v) is 4.42. The van der Waals surface area contributed by atoms with Gasteiger partial charge in [0.15, 0.2) is 0 Å². The maximum absolute atomic E-state index is 5.16. The van der Waals surface area contributed by atoms with Crippen LogP contribution in [0.1, 0.15) is 46.0 Å². The van der Waals surface area contributed by atoms with Gasteiger partial charge in [0.2, 0.25) is 5.95 Å². The first-order chi connectivity index (χ1) is 9.69. The number of rotatable bonds is 7. The average molecular weight is 279 g/mol. The van der Waals surface area contributed by atoms with Crippen LogP contribution in [0.5, 0.6) is 0 Å². The monoisotopic (exact) mass is 279 g/mol. The van der Waals surface area contributed by atoms with Crippen LogP contribution < -0.4 is 5.32 Å². The molecule has 0 amide bonds. The lowest BCUT2D eigenvalue weighted by atomic mass is 9.81. The molecule has 1 aromatic rings. The predicted octanol–water partition coefficient (Wildman–Crippen LogP) is 3.55. The fourth-order valence-corrected chi connectivity index (χ4v) is 3.08. The fourth-order valence-electron chi connectivity index (χ4n) is 3.08. The van der Waals surface area contributed by atoms with Crippen molar-refractivity contribution in [2.75, 3.05) is 19.0 Å². The summed E-state index contributed by atoms with van der Waals surface area (Å²) in [5, 5.41) is 3.41. The molecule has 0 radical (unpaired) electrons. The first kappa shape index (κ1) is 15.4. The number of hydrogen-bond acceptors (Lipinski definition) is 3. The zero-order valence-electron chi connectivity index (χ0n) is 13.1. The molecule has 0 aliphatic heterocycles. The number of aryl methyl sites for hydroxylation is 1. The van der Waals surface area contributed by atoms with Crippen LogP contribution in [0.2, 0.25) is 0 Å². The Labute approximate surface area is 122 Å². The Morgan fingerprint density at radius 1 is 1.40 bits per heavy atom. The molecule has 0 bridgehead atoms. The summed E-state index contributed by atoms with van der Waals surface area (Å²) >= 11 is 0. The largest absolute Gasteiger partial charge is 0.383 e. The van der Waals surface area contributed by atoms with Crippen molar-refractivity contribution in [2.24, 2.45) is 11.8 Å². The van der Waals surface area contributed by atoms with Crippen molar-refractivity contribution >= 4 is 5.95 Å². The first-order valence-electron chi connectivity index (χ1n) is 7.95. The van der Waals surface area contributed by atoms with E-state index in [4.69, 9.17) is 4.74 Å². The highest BCUT2D eigenvalue weighted by atomic mass is 16.5. The van der Waals surface area contributed by atoms with Crippen LogP contribution in [0.25, 0.3) is 0 Å². The van der Waals surface area contributed by atoms with Crippen molar-refractivity contribution in [3.05, 3.63) is 12.4 Å². The highest BCUT2D eigenvalue weighted by Crippen LogP contribution is 2.30. The van der Waals surface area contributed by atoms with Gasteiger partial charge in [-0.1, -0.05) is 32.6 Å². The first-order valence-corrected chi connectivity index (χ1v) is 7.95. The molecule has 0 saturated heterocycles. The molecular formula is C16H29N3O. The van der Waals surface area contributed by atoms with Crippen molar-refractivity contribution in [2.45, 2.75) is 58.5 Å². The summed E-state index contributed by atoms with van der Waals surface area (Å²) in [7, 11) is 1.73. The molecule has 1 fully saturated rings. The summed E-state index contributed by atoms with van der Waals surface area (Å²) in [5.74, 6) is 2.81. The van der Waals surface area contributed by atoms with Crippen LogP contribution in [-0.4, -0.2) is 29.3 Å². The van der Waals surface area contributed by atoms with Crippen LogP contribution in [0.3, 0.4) is 0 Å². The third kappa shape index (κ3) is 4.51. The Bertz CT molecular complexity index is 383.